The number of nitrogens with one attached hydrogen (secondary N) is 2. The molecular weight excluding hydrogens is 354 g/mol. The molecule has 0 saturated carbocycles. The molecule has 26 heavy (non-hydrogen) atoms. The van der Waals surface area contributed by atoms with Crippen LogP contribution in [0.5, 0.6) is 0 Å². The zero-order valence-electron chi connectivity index (χ0n) is 14.6. The van der Waals surface area contributed by atoms with Crippen LogP contribution in [0.15, 0.2) is 35.4 Å². The highest BCUT2D eigenvalue weighted by Gasteiger charge is 2.31. The number of hydrogen-bond donors (Lipinski definition) is 2. The van der Waals surface area contributed by atoms with Gasteiger partial charge in [-0.3, -0.25) is 4.68 Å². The van der Waals surface area contributed by atoms with E-state index in [-0.39, 0.29) is 17.5 Å². The topological polar surface area (TPSA) is 105 Å². The molecule has 1 aromatic heterocycles. The number of aromatic nitrogens is 2. The maximum absolute atomic E-state index is 11.8. The van der Waals surface area contributed by atoms with Crippen LogP contribution in [-0.4, -0.2) is 41.9 Å². The summed E-state index contributed by atoms with van der Waals surface area (Å²) in [5.41, 5.74) is 5.42. The number of amides is 2. The lowest BCUT2D eigenvalue weighted by molar-refractivity contribution is 0.252. The SMILES string of the molecule is Cc1nn([C@H]2CCS(=O)(=O)C2)c(C)c1/C=N\NC(=O)Nc1ccccc1. The van der Waals surface area contributed by atoms with E-state index < -0.39 is 15.9 Å². The minimum atomic E-state index is -2.98. The van der Waals surface area contributed by atoms with Crippen molar-refractivity contribution < 1.29 is 13.2 Å². The van der Waals surface area contributed by atoms with Crippen LogP contribution in [0.4, 0.5) is 10.5 Å². The molecule has 2 heterocycles. The molecule has 1 aromatic carbocycles. The monoisotopic (exact) mass is 375 g/mol. The number of para-hydroxylation sites is 1. The normalized spacial score (nSPS) is 18.9. The summed E-state index contributed by atoms with van der Waals surface area (Å²) in [6.07, 6.45) is 2.10. The number of carbonyl (C=O) groups is 1. The molecule has 8 nitrogen and oxygen atoms in total. The Balaban J connectivity index is 1.66. The first-order valence-corrected chi connectivity index (χ1v) is 10.1. The van der Waals surface area contributed by atoms with Gasteiger partial charge in [0.15, 0.2) is 9.84 Å². The Hall–Kier alpha value is -2.68. The van der Waals surface area contributed by atoms with Crippen molar-refractivity contribution in [1.82, 2.24) is 15.2 Å². The van der Waals surface area contributed by atoms with Crippen molar-refractivity contribution in [1.29, 1.82) is 0 Å². The summed E-state index contributed by atoms with van der Waals surface area (Å²) in [5, 5.41) is 11.1. The Bertz CT molecular complexity index is 935. The van der Waals surface area contributed by atoms with Gasteiger partial charge < -0.3 is 5.32 Å². The molecular formula is C17H21N5O3S. The predicted octanol–water partition coefficient (Wildman–Crippen LogP) is 2.02. The summed E-state index contributed by atoms with van der Waals surface area (Å²) in [6, 6.07) is 8.47. The van der Waals surface area contributed by atoms with Crippen molar-refractivity contribution in [3.05, 3.63) is 47.3 Å². The summed E-state index contributed by atoms with van der Waals surface area (Å²) in [4.78, 5) is 11.8. The third-order valence-electron chi connectivity index (χ3n) is 4.33. The molecule has 2 amide bonds. The van der Waals surface area contributed by atoms with E-state index in [0.29, 0.717) is 12.1 Å². The Kier molecular flexibility index (Phi) is 5.08. The van der Waals surface area contributed by atoms with Crippen LogP contribution >= 0.6 is 0 Å². The second-order valence-corrected chi connectivity index (χ2v) is 8.50. The van der Waals surface area contributed by atoms with E-state index in [0.717, 1.165) is 17.0 Å². The van der Waals surface area contributed by atoms with Crippen LogP contribution in [0.25, 0.3) is 0 Å². The number of hydrogen-bond acceptors (Lipinski definition) is 5. The summed E-state index contributed by atoms with van der Waals surface area (Å²) in [6.45, 7) is 3.70. The minimum Gasteiger partial charge on any atom is -0.307 e. The zero-order valence-corrected chi connectivity index (χ0v) is 15.5. The summed E-state index contributed by atoms with van der Waals surface area (Å²) in [7, 11) is -2.98. The standard InChI is InChI=1S/C17H21N5O3S/c1-12-16(10-18-20-17(23)19-14-6-4-3-5-7-14)13(2)22(21-12)15-8-9-26(24,25)11-15/h3-7,10,15H,8-9,11H2,1-2H3,(H2,19,20,23)/b18-10-/t15-/m0/s1. The first-order chi connectivity index (χ1) is 12.4. The fraction of sp³-hybridized carbons (Fsp3) is 0.353. The van der Waals surface area contributed by atoms with Crippen molar-refractivity contribution in [2.75, 3.05) is 16.8 Å². The molecule has 3 rings (SSSR count). The maximum atomic E-state index is 11.8. The highest BCUT2D eigenvalue weighted by molar-refractivity contribution is 7.91. The molecule has 0 radical (unpaired) electrons. The number of rotatable bonds is 4. The number of aryl methyl sites for hydroxylation is 1. The molecule has 9 heteroatoms. The van der Waals surface area contributed by atoms with E-state index in [2.05, 4.69) is 20.9 Å². The highest BCUT2D eigenvalue weighted by Crippen LogP contribution is 2.26. The lowest BCUT2D eigenvalue weighted by Gasteiger charge is -2.10. The average Bonchev–Trinajstić information content (AvgIpc) is 3.09. The van der Waals surface area contributed by atoms with Gasteiger partial charge in [-0.05, 0) is 32.4 Å². The van der Waals surface area contributed by atoms with Crippen molar-refractivity contribution in [2.24, 2.45) is 5.10 Å². The van der Waals surface area contributed by atoms with E-state index in [1.54, 1.807) is 16.8 Å². The largest absolute Gasteiger partial charge is 0.339 e. The number of carbonyl (C=O) groups excluding carboxylic acids is 1. The van der Waals surface area contributed by atoms with Gasteiger partial charge >= 0.3 is 6.03 Å². The van der Waals surface area contributed by atoms with Gasteiger partial charge in [0.05, 0.1) is 29.5 Å². The van der Waals surface area contributed by atoms with Crippen molar-refractivity contribution in [3.8, 4) is 0 Å². The van der Waals surface area contributed by atoms with Gasteiger partial charge in [0, 0.05) is 16.9 Å². The second-order valence-electron chi connectivity index (χ2n) is 6.28. The molecule has 1 atom stereocenters. The molecule has 0 unspecified atom stereocenters. The van der Waals surface area contributed by atoms with Crippen LogP contribution in [0, 0.1) is 13.8 Å². The van der Waals surface area contributed by atoms with Crippen LogP contribution in [0.1, 0.15) is 29.4 Å². The average molecular weight is 375 g/mol. The third-order valence-corrected chi connectivity index (χ3v) is 6.08. The van der Waals surface area contributed by atoms with Gasteiger partial charge in [0.2, 0.25) is 0 Å². The van der Waals surface area contributed by atoms with Crippen LogP contribution < -0.4 is 10.7 Å². The zero-order chi connectivity index (χ0) is 18.7. The van der Waals surface area contributed by atoms with Gasteiger partial charge in [0.1, 0.15) is 0 Å². The predicted molar refractivity (Wildman–Crippen MR) is 100 cm³/mol. The lowest BCUT2D eigenvalue weighted by atomic mass is 10.2. The second kappa shape index (κ2) is 7.28. The Morgan fingerprint density at radius 1 is 1.31 bits per heavy atom. The molecule has 1 fully saturated rings. The van der Waals surface area contributed by atoms with E-state index in [9.17, 15) is 13.2 Å². The van der Waals surface area contributed by atoms with Gasteiger partial charge in [-0.1, -0.05) is 18.2 Å². The summed E-state index contributed by atoms with van der Waals surface area (Å²) in [5.74, 6) is 0.309. The van der Waals surface area contributed by atoms with E-state index in [1.165, 1.54) is 6.21 Å². The lowest BCUT2D eigenvalue weighted by Crippen LogP contribution is -2.24. The molecule has 1 aliphatic heterocycles. The van der Waals surface area contributed by atoms with Gasteiger partial charge in [0.25, 0.3) is 0 Å². The number of hydrazone groups is 1. The van der Waals surface area contributed by atoms with Crippen molar-refractivity contribution in [3.63, 3.8) is 0 Å². The molecule has 2 N–H and O–H groups in total. The smallest absolute Gasteiger partial charge is 0.307 e. The molecule has 0 aliphatic carbocycles. The number of urea groups is 1. The molecule has 138 valence electrons. The van der Waals surface area contributed by atoms with E-state index in [4.69, 9.17) is 0 Å². The number of sulfone groups is 1. The number of anilines is 1. The van der Waals surface area contributed by atoms with Crippen molar-refractivity contribution >= 4 is 27.8 Å². The molecule has 0 spiro atoms. The van der Waals surface area contributed by atoms with E-state index >= 15 is 0 Å². The van der Waals surface area contributed by atoms with Gasteiger partial charge in [-0.15, -0.1) is 0 Å². The Morgan fingerprint density at radius 2 is 2.04 bits per heavy atom. The molecule has 0 bridgehead atoms. The first-order valence-electron chi connectivity index (χ1n) is 8.27. The fourth-order valence-electron chi connectivity index (χ4n) is 3.02. The first kappa shape index (κ1) is 18.1. The summed E-state index contributed by atoms with van der Waals surface area (Å²) >= 11 is 0. The van der Waals surface area contributed by atoms with Gasteiger partial charge in [-0.2, -0.15) is 10.2 Å². The number of benzene rings is 1. The van der Waals surface area contributed by atoms with Crippen LogP contribution in [-0.2, 0) is 9.84 Å². The minimum absolute atomic E-state index is 0.114. The molecule has 2 aromatic rings. The molecule has 1 saturated heterocycles. The van der Waals surface area contributed by atoms with E-state index in [1.807, 2.05) is 32.0 Å². The fourth-order valence-corrected chi connectivity index (χ4v) is 4.71. The maximum Gasteiger partial charge on any atom is 0.339 e. The van der Waals surface area contributed by atoms with Crippen molar-refractivity contribution in [2.45, 2.75) is 26.3 Å². The van der Waals surface area contributed by atoms with Crippen LogP contribution in [0.2, 0.25) is 0 Å². The highest BCUT2D eigenvalue weighted by atomic mass is 32.2. The van der Waals surface area contributed by atoms with Crippen LogP contribution in [0.3, 0.4) is 0 Å². The summed E-state index contributed by atoms with van der Waals surface area (Å²) < 4.78 is 25.1. The van der Waals surface area contributed by atoms with Gasteiger partial charge in [-0.25, -0.2) is 18.6 Å². The number of nitrogens with zero attached hydrogens (tertiary/aromatic N) is 3. The Labute approximate surface area is 152 Å². The third kappa shape index (κ3) is 4.10. The quantitative estimate of drug-likeness (QED) is 0.630. The Morgan fingerprint density at radius 3 is 2.69 bits per heavy atom. The molecule has 1 aliphatic rings.